The van der Waals surface area contributed by atoms with Crippen molar-refractivity contribution in [1.82, 2.24) is 0 Å². The molecule has 0 aliphatic heterocycles. The van der Waals surface area contributed by atoms with Gasteiger partial charge >= 0.3 is 0 Å². The van der Waals surface area contributed by atoms with Crippen molar-refractivity contribution in [3.63, 3.8) is 0 Å². The fourth-order valence-corrected chi connectivity index (χ4v) is 4.67. The van der Waals surface area contributed by atoms with Crippen molar-refractivity contribution in [2.45, 2.75) is 83.3 Å². The van der Waals surface area contributed by atoms with Gasteiger partial charge in [0, 0.05) is 37.5 Å². The third-order valence-electron chi connectivity index (χ3n) is 6.50. The number of aliphatic hydroxyl groups excluding tert-OH is 3. The first-order valence-corrected chi connectivity index (χ1v) is 11.1. The summed E-state index contributed by atoms with van der Waals surface area (Å²) in [6.07, 6.45) is 8.26. The van der Waals surface area contributed by atoms with Gasteiger partial charge in [0.05, 0.1) is 12.2 Å². The Morgan fingerprint density at radius 2 is 1.83 bits per heavy atom. The molecule has 2 saturated carbocycles. The van der Waals surface area contributed by atoms with E-state index in [0.29, 0.717) is 25.2 Å². The van der Waals surface area contributed by atoms with Gasteiger partial charge in [-0.15, -0.1) is 0 Å². The predicted molar refractivity (Wildman–Crippen MR) is 109 cm³/mol. The minimum absolute atomic E-state index is 0.0470. The average Bonchev–Trinajstić information content (AvgIpc) is 2.91. The number of hydrogen-bond donors (Lipinski definition) is 3. The molecule has 0 saturated heterocycles. The lowest BCUT2D eigenvalue weighted by molar-refractivity contribution is -0.127. The summed E-state index contributed by atoms with van der Waals surface area (Å²) >= 11 is 0. The van der Waals surface area contributed by atoms with Crippen molar-refractivity contribution in [3.8, 4) is 0 Å². The zero-order chi connectivity index (χ0) is 21.4. The van der Waals surface area contributed by atoms with E-state index in [-0.39, 0.29) is 42.5 Å². The summed E-state index contributed by atoms with van der Waals surface area (Å²) in [6.45, 7) is 1.70. The molecule has 0 aromatic rings. The maximum atomic E-state index is 12.3. The van der Waals surface area contributed by atoms with E-state index in [1.165, 1.54) is 6.42 Å². The summed E-state index contributed by atoms with van der Waals surface area (Å²) < 4.78 is 0. The molecule has 0 radical (unpaired) electrons. The number of Topliss-reactive ketones (excluding diaryl/α,β-unsaturated/α-hetero) is 3. The molecule has 4 atom stereocenters. The van der Waals surface area contributed by atoms with E-state index in [4.69, 9.17) is 5.11 Å². The number of ketones is 3. The number of carbonyl (C=O) groups excluding carboxylic acids is 3. The van der Waals surface area contributed by atoms with Crippen molar-refractivity contribution in [1.29, 1.82) is 0 Å². The summed E-state index contributed by atoms with van der Waals surface area (Å²) in [5.74, 6) is -0.393. The van der Waals surface area contributed by atoms with Gasteiger partial charge in [0.25, 0.3) is 0 Å². The van der Waals surface area contributed by atoms with E-state index in [9.17, 15) is 24.6 Å². The smallest absolute Gasteiger partial charge is 0.158 e. The van der Waals surface area contributed by atoms with Crippen LogP contribution >= 0.6 is 0 Å². The zero-order valence-corrected chi connectivity index (χ0v) is 17.5. The Hall–Kier alpha value is -1.37. The number of hydrogen-bond acceptors (Lipinski definition) is 6. The highest BCUT2D eigenvalue weighted by atomic mass is 16.3. The molecule has 0 aromatic carbocycles. The molecule has 6 heteroatoms. The van der Waals surface area contributed by atoms with Gasteiger partial charge < -0.3 is 15.3 Å². The third kappa shape index (κ3) is 7.12. The standard InChI is InChI=1S/C23H36O6/c1-2-5-15-10-16(11-15)21(27)9-8-19-20(23(29)13-22(19)28)12-17(25)6-3-4-7-18(26)14-24/h8-9,15-16,19-22,24,27-28H,2-7,10-14H2,1H3/t15?,16?,19-,20-,21-,22-/m1/s1. The minimum Gasteiger partial charge on any atom is -0.392 e. The predicted octanol–water partition coefficient (Wildman–Crippen LogP) is 2.38. The van der Waals surface area contributed by atoms with Crippen LogP contribution in [-0.2, 0) is 14.4 Å². The highest BCUT2D eigenvalue weighted by Gasteiger charge is 2.41. The fourth-order valence-electron chi connectivity index (χ4n) is 4.67. The SMILES string of the molecule is CCCC1CC([C@H](O)C=C[C@H]2[C@H](O)CC(=O)[C@@H]2CC(=O)CCCCC(=O)CO)C1. The molecule has 0 amide bonds. The average molecular weight is 409 g/mol. The first-order valence-electron chi connectivity index (χ1n) is 11.1. The Morgan fingerprint density at radius 1 is 1.17 bits per heavy atom. The van der Waals surface area contributed by atoms with E-state index in [2.05, 4.69) is 6.92 Å². The van der Waals surface area contributed by atoms with Crippen LogP contribution in [0.5, 0.6) is 0 Å². The molecule has 2 aliphatic carbocycles. The first kappa shape index (κ1) is 23.9. The normalized spacial score (nSPS) is 30.5. The van der Waals surface area contributed by atoms with Crippen LogP contribution < -0.4 is 0 Å². The maximum Gasteiger partial charge on any atom is 0.158 e. The zero-order valence-electron chi connectivity index (χ0n) is 17.5. The summed E-state index contributed by atoms with van der Waals surface area (Å²) in [4.78, 5) is 35.6. The van der Waals surface area contributed by atoms with Gasteiger partial charge in [-0.3, -0.25) is 14.4 Å². The van der Waals surface area contributed by atoms with Crippen LogP contribution in [0.2, 0.25) is 0 Å². The number of aliphatic hydroxyl groups is 3. The van der Waals surface area contributed by atoms with Crippen LogP contribution in [0.4, 0.5) is 0 Å². The summed E-state index contributed by atoms with van der Waals surface area (Å²) in [6, 6.07) is 0. The molecule has 0 spiro atoms. The summed E-state index contributed by atoms with van der Waals surface area (Å²) in [5.41, 5.74) is 0. The summed E-state index contributed by atoms with van der Waals surface area (Å²) in [5, 5.41) is 29.3. The second-order valence-electron chi connectivity index (χ2n) is 8.83. The van der Waals surface area contributed by atoms with Crippen LogP contribution in [0.15, 0.2) is 12.2 Å². The fraction of sp³-hybridized carbons (Fsp3) is 0.783. The Kier molecular flexibility index (Phi) is 9.66. The summed E-state index contributed by atoms with van der Waals surface area (Å²) in [7, 11) is 0. The van der Waals surface area contributed by atoms with Gasteiger partial charge in [0.15, 0.2) is 5.78 Å². The Morgan fingerprint density at radius 3 is 2.45 bits per heavy atom. The number of unbranched alkanes of at least 4 members (excludes halogenated alkanes) is 1. The lowest BCUT2D eigenvalue weighted by Gasteiger charge is -2.37. The molecule has 29 heavy (non-hydrogen) atoms. The van der Waals surface area contributed by atoms with E-state index < -0.39 is 30.7 Å². The van der Waals surface area contributed by atoms with Gasteiger partial charge in [0.1, 0.15) is 18.2 Å². The molecule has 6 nitrogen and oxygen atoms in total. The second-order valence-corrected chi connectivity index (χ2v) is 8.83. The molecule has 3 N–H and O–H groups in total. The molecule has 0 bridgehead atoms. The van der Waals surface area contributed by atoms with Gasteiger partial charge in [-0.2, -0.15) is 0 Å². The Balaban J connectivity index is 1.81. The molecular weight excluding hydrogens is 372 g/mol. The van der Waals surface area contributed by atoms with Crippen molar-refractivity contribution in [2.75, 3.05) is 6.61 Å². The van der Waals surface area contributed by atoms with Crippen LogP contribution in [0, 0.1) is 23.7 Å². The van der Waals surface area contributed by atoms with Crippen LogP contribution in [-0.4, -0.2) is 51.5 Å². The Bertz CT molecular complexity index is 592. The molecule has 0 unspecified atom stereocenters. The molecule has 2 fully saturated rings. The number of carbonyl (C=O) groups is 3. The topological polar surface area (TPSA) is 112 Å². The third-order valence-corrected chi connectivity index (χ3v) is 6.50. The van der Waals surface area contributed by atoms with Gasteiger partial charge in [-0.05, 0) is 37.5 Å². The Labute approximate surface area is 173 Å². The second kappa shape index (κ2) is 11.7. The highest BCUT2D eigenvalue weighted by Crippen LogP contribution is 2.40. The van der Waals surface area contributed by atoms with Crippen molar-refractivity contribution in [3.05, 3.63) is 12.2 Å². The highest BCUT2D eigenvalue weighted by molar-refractivity contribution is 5.90. The quantitative estimate of drug-likeness (QED) is 0.319. The van der Waals surface area contributed by atoms with Crippen molar-refractivity contribution < 1.29 is 29.7 Å². The van der Waals surface area contributed by atoms with Crippen molar-refractivity contribution in [2.24, 2.45) is 23.7 Å². The molecule has 0 heterocycles. The molecule has 164 valence electrons. The lowest BCUT2D eigenvalue weighted by atomic mass is 9.70. The van der Waals surface area contributed by atoms with E-state index >= 15 is 0 Å². The first-order chi connectivity index (χ1) is 13.8. The molecule has 2 rings (SSSR count). The molecular formula is C23H36O6. The maximum absolute atomic E-state index is 12.3. The van der Waals surface area contributed by atoms with Gasteiger partial charge in [-0.1, -0.05) is 31.9 Å². The van der Waals surface area contributed by atoms with Gasteiger partial charge in [0.2, 0.25) is 0 Å². The monoisotopic (exact) mass is 408 g/mol. The molecule has 0 aromatic heterocycles. The molecule has 2 aliphatic rings. The minimum atomic E-state index is -0.805. The van der Waals surface area contributed by atoms with Crippen LogP contribution in [0.1, 0.15) is 71.1 Å². The largest absolute Gasteiger partial charge is 0.392 e. The van der Waals surface area contributed by atoms with Gasteiger partial charge in [-0.25, -0.2) is 0 Å². The van der Waals surface area contributed by atoms with Crippen LogP contribution in [0.25, 0.3) is 0 Å². The number of rotatable bonds is 13. The van der Waals surface area contributed by atoms with E-state index in [1.54, 1.807) is 12.2 Å². The van der Waals surface area contributed by atoms with E-state index in [1.807, 2.05) is 0 Å². The lowest BCUT2D eigenvalue weighted by Crippen LogP contribution is -2.32. The van der Waals surface area contributed by atoms with Crippen LogP contribution in [0.3, 0.4) is 0 Å². The van der Waals surface area contributed by atoms with Crippen molar-refractivity contribution >= 4 is 17.3 Å². The van der Waals surface area contributed by atoms with E-state index in [0.717, 1.165) is 19.3 Å².